The third-order valence-electron chi connectivity index (χ3n) is 5.00. The van der Waals surface area contributed by atoms with Crippen LogP contribution < -0.4 is 10.0 Å². The van der Waals surface area contributed by atoms with Gasteiger partial charge in [0.2, 0.25) is 10.0 Å². The summed E-state index contributed by atoms with van der Waals surface area (Å²) in [6, 6.07) is 14.6. The van der Waals surface area contributed by atoms with Crippen molar-refractivity contribution >= 4 is 15.9 Å². The van der Waals surface area contributed by atoms with Crippen LogP contribution in [0.15, 0.2) is 59.5 Å². The van der Waals surface area contributed by atoms with Crippen molar-refractivity contribution in [2.45, 2.75) is 38.0 Å². The van der Waals surface area contributed by atoms with Crippen molar-refractivity contribution in [1.29, 1.82) is 0 Å². The molecule has 3 rings (SSSR count). The predicted molar refractivity (Wildman–Crippen MR) is 116 cm³/mol. The van der Waals surface area contributed by atoms with Gasteiger partial charge in [-0.3, -0.25) is 9.48 Å². The van der Waals surface area contributed by atoms with Gasteiger partial charge in [0.05, 0.1) is 17.1 Å². The second kappa shape index (κ2) is 9.75. The topological polar surface area (TPSA) is 93.1 Å². The predicted octanol–water partition coefficient (Wildman–Crippen LogP) is 3.32. The molecule has 1 aromatic heterocycles. The fraction of sp³-hybridized carbons (Fsp3) is 0.273. The number of hydrogen-bond donors (Lipinski definition) is 2. The van der Waals surface area contributed by atoms with Gasteiger partial charge in [-0.2, -0.15) is 18.3 Å². The van der Waals surface area contributed by atoms with E-state index in [4.69, 9.17) is 0 Å². The fourth-order valence-corrected chi connectivity index (χ4v) is 4.30. The third kappa shape index (κ3) is 6.42. The molecule has 0 radical (unpaired) electrons. The molecular formula is C22H23F3N4O3S. The molecule has 1 heterocycles. The largest absolute Gasteiger partial charge is 0.402 e. The van der Waals surface area contributed by atoms with Crippen LogP contribution in [0.1, 0.15) is 32.9 Å². The summed E-state index contributed by atoms with van der Waals surface area (Å²) >= 11 is 0. The van der Waals surface area contributed by atoms with Crippen molar-refractivity contribution in [2.75, 3.05) is 6.54 Å². The lowest BCUT2D eigenvalue weighted by molar-refractivity contribution is -0.121. The zero-order valence-electron chi connectivity index (χ0n) is 18.0. The second-order valence-electron chi connectivity index (χ2n) is 7.44. The highest BCUT2D eigenvalue weighted by Gasteiger charge is 2.30. The van der Waals surface area contributed by atoms with Crippen LogP contribution in [0.4, 0.5) is 13.2 Å². The maximum Gasteiger partial charge on any atom is 0.402 e. The van der Waals surface area contributed by atoms with Crippen LogP contribution in [0.25, 0.3) is 0 Å². The quantitative estimate of drug-likeness (QED) is 0.517. The van der Waals surface area contributed by atoms with Crippen LogP contribution in [0, 0.1) is 13.8 Å². The first-order chi connectivity index (χ1) is 15.5. The smallest absolute Gasteiger partial charge is 0.348 e. The minimum atomic E-state index is -4.69. The molecule has 2 N–H and O–H groups in total. The van der Waals surface area contributed by atoms with Gasteiger partial charge >= 0.3 is 6.18 Å². The number of rotatable bonds is 8. The summed E-state index contributed by atoms with van der Waals surface area (Å²) in [4.78, 5) is 12.2. The van der Waals surface area contributed by atoms with Crippen LogP contribution in [0.3, 0.4) is 0 Å². The zero-order valence-corrected chi connectivity index (χ0v) is 18.8. The van der Waals surface area contributed by atoms with Crippen LogP contribution in [-0.4, -0.2) is 36.8 Å². The molecular weight excluding hydrogens is 457 g/mol. The summed E-state index contributed by atoms with van der Waals surface area (Å²) in [5.41, 5.74) is 3.54. The zero-order chi connectivity index (χ0) is 24.2. The van der Waals surface area contributed by atoms with Gasteiger partial charge in [0.15, 0.2) is 0 Å². The maximum absolute atomic E-state index is 12.6. The highest BCUT2D eigenvalue weighted by atomic mass is 32.2. The molecule has 176 valence electrons. The average molecular weight is 481 g/mol. The van der Waals surface area contributed by atoms with Crippen molar-refractivity contribution in [3.05, 3.63) is 82.7 Å². The average Bonchev–Trinajstić information content (AvgIpc) is 3.03. The van der Waals surface area contributed by atoms with Gasteiger partial charge in [0.1, 0.15) is 6.54 Å². The van der Waals surface area contributed by atoms with Crippen LogP contribution in [0.2, 0.25) is 0 Å². The number of carbonyl (C=O) groups is 1. The summed E-state index contributed by atoms with van der Waals surface area (Å²) in [5.74, 6) is -0.558. The molecule has 0 aliphatic rings. The number of hydrogen-bond acceptors (Lipinski definition) is 4. The Kier molecular flexibility index (Phi) is 7.23. The Morgan fingerprint density at radius 2 is 1.76 bits per heavy atom. The summed E-state index contributed by atoms with van der Waals surface area (Å²) in [6.45, 7) is 2.76. The number of amides is 1. The standard InChI is InChI=1S/C22H23F3N4O3S/c1-15-20(16(2)29(28-15)13-17-7-4-3-5-8-17)12-26-21(30)18-9-6-10-19(11-18)33(31,32)27-14-22(23,24)25/h3-11,27H,12-14H2,1-2H3,(H,26,30). The van der Waals surface area contributed by atoms with Gasteiger partial charge in [0, 0.05) is 23.4 Å². The van der Waals surface area contributed by atoms with Crippen molar-refractivity contribution in [2.24, 2.45) is 0 Å². The van der Waals surface area contributed by atoms with Crippen molar-refractivity contribution in [3.63, 3.8) is 0 Å². The van der Waals surface area contributed by atoms with Gasteiger partial charge in [-0.15, -0.1) is 0 Å². The first-order valence-corrected chi connectivity index (χ1v) is 11.5. The summed E-state index contributed by atoms with van der Waals surface area (Å²) in [6.07, 6.45) is -4.69. The number of aromatic nitrogens is 2. The minimum absolute atomic E-state index is 0.0110. The first kappa shape index (κ1) is 24.5. The molecule has 0 unspecified atom stereocenters. The highest BCUT2D eigenvalue weighted by Crippen LogP contribution is 2.17. The molecule has 0 saturated carbocycles. The molecule has 1 amide bonds. The van der Waals surface area contributed by atoms with Crippen molar-refractivity contribution in [1.82, 2.24) is 19.8 Å². The molecule has 0 aliphatic carbocycles. The maximum atomic E-state index is 12.6. The Bertz CT molecular complexity index is 1240. The van der Waals surface area contributed by atoms with E-state index in [0.29, 0.717) is 6.54 Å². The Balaban J connectivity index is 1.70. The number of carbonyl (C=O) groups excluding carboxylic acids is 1. The lowest BCUT2D eigenvalue weighted by Gasteiger charge is -2.11. The monoisotopic (exact) mass is 480 g/mol. The van der Waals surface area contributed by atoms with Gasteiger partial charge < -0.3 is 5.32 Å². The van der Waals surface area contributed by atoms with Gasteiger partial charge in [-0.1, -0.05) is 36.4 Å². The minimum Gasteiger partial charge on any atom is -0.348 e. The highest BCUT2D eigenvalue weighted by molar-refractivity contribution is 7.89. The second-order valence-corrected chi connectivity index (χ2v) is 9.21. The van der Waals surface area contributed by atoms with Crippen molar-refractivity contribution in [3.8, 4) is 0 Å². The molecule has 0 atom stereocenters. The summed E-state index contributed by atoms with van der Waals surface area (Å²) in [7, 11) is -4.42. The summed E-state index contributed by atoms with van der Waals surface area (Å²) < 4.78 is 64.6. The summed E-state index contributed by atoms with van der Waals surface area (Å²) in [5, 5.41) is 7.25. The van der Waals surface area contributed by atoms with Crippen LogP contribution >= 0.6 is 0 Å². The Morgan fingerprint density at radius 1 is 1.06 bits per heavy atom. The van der Waals surface area contributed by atoms with E-state index < -0.39 is 33.5 Å². The van der Waals surface area contributed by atoms with Crippen LogP contribution in [0.5, 0.6) is 0 Å². The molecule has 0 spiro atoms. The number of benzene rings is 2. The fourth-order valence-electron chi connectivity index (χ4n) is 3.24. The first-order valence-electron chi connectivity index (χ1n) is 9.98. The normalized spacial score (nSPS) is 12.0. The van der Waals surface area contributed by atoms with E-state index in [9.17, 15) is 26.4 Å². The molecule has 33 heavy (non-hydrogen) atoms. The molecule has 3 aromatic rings. The van der Waals surface area contributed by atoms with Gasteiger partial charge in [-0.05, 0) is 37.6 Å². The number of nitrogens with zero attached hydrogens (tertiary/aromatic N) is 2. The van der Waals surface area contributed by atoms with Gasteiger partial charge in [-0.25, -0.2) is 13.1 Å². The number of nitrogens with one attached hydrogen (secondary N) is 2. The van der Waals surface area contributed by atoms with Crippen LogP contribution in [-0.2, 0) is 23.1 Å². The van der Waals surface area contributed by atoms with E-state index in [1.165, 1.54) is 16.9 Å². The molecule has 0 saturated heterocycles. The van der Waals surface area contributed by atoms with E-state index in [-0.39, 0.29) is 12.1 Å². The van der Waals surface area contributed by atoms with E-state index >= 15 is 0 Å². The third-order valence-corrected chi connectivity index (χ3v) is 6.40. The Labute approximate surface area is 189 Å². The molecule has 0 bridgehead atoms. The lowest BCUT2D eigenvalue weighted by Crippen LogP contribution is -2.34. The number of alkyl halides is 3. The number of sulfonamides is 1. The van der Waals surface area contributed by atoms with E-state index in [1.54, 1.807) is 0 Å². The number of halogens is 3. The Hall–Kier alpha value is -3.18. The molecule has 0 aliphatic heterocycles. The number of aryl methyl sites for hydroxylation is 1. The lowest BCUT2D eigenvalue weighted by atomic mass is 10.1. The SMILES string of the molecule is Cc1nn(Cc2ccccc2)c(C)c1CNC(=O)c1cccc(S(=O)(=O)NCC(F)(F)F)c1. The van der Waals surface area contributed by atoms with E-state index in [2.05, 4.69) is 10.4 Å². The van der Waals surface area contributed by atoms with E-state index in [0.717, 1.165) is 34.6 Å². The van der Waals surface area contributed by atoms with Crippen molar-refractivity contribution < 1.29 is 26.4 Å². The molecule has 11 heteroatoms. The molecule has 7 nitrogen and oxygen atoms in total. The van der Waals surface area contributed by atoms with E-state index in [1.807, 2.05) is 48.9 Å². The Morgan fingerprint density at radius 3 is 2.42 bits per heavy atom. The molecule has 0 fully saturated rings. The molecule has 2 aromatic carbocycles. The van der Waals surface area contributed by atoms with Gasteiger partial charge in [0.25, 0.3) is 5.91 Å².